The molecule has 0 saturated carbocycles. The average Bonchev–Trinajstić information content (AvgIpc) is 2.56. The van der Waals surface area contributed by atoms with Crippen LogP contribution in [0.4, 0.5) is 5.69 Å². The maximum atomic E-state index is 11.3. The molecule has 0 spiro atoms. The summed E-state index contributed by atoms with van der Waals surface area (Å²) in [6.07, 6.45) is 0.505. The molecule has 1 aromatic carbocycles. The summed E-state index contributed by atoms with van der Waals surface area (Å²) in [7, 11) is 0. The van der Waals surface area contributed by atoms with Gasteiger partial charge in [0, 0.05) is 12.5 Å². The molecule has 0 amide bonds. The lowest BCUT2D eigenvalue weighted by atomic mass is 9.90. The quantitative estimate of drug-likeness (QED) is 0.624. The zero-order chi connectivity index (χ0) is 15.2. The molecule has 1 aromatic rings. The number of nitro benzene ring substituents is 1. The van der Waals surface area contributed by atoms with E-state index in [1.54, 1.807) is 18.2 Å². The minimum absolute atomic E-state index is 0.0304. The molecule has 110 valence electrons. The zero-order valence-electron chi connectivity index (χ0n) is 12.6. The molecular formula is C15H21NO4. The van der Waals surface area contributed by atoms with Gasteiger partial charge >= 0.3 is 0 Å². The summed E-state index contributed by atoms with van der Waals surface area (Å²) in [5, 5.41) is 11.3. The van der Waals surface area contributed by atoms with Crippen LogP contribution in [0.1, 0.15) is 46.6 Å². The fourth-order valence-electron chi connectivity index (χ4n) is 2.49. The van der Waals surface area contributed by atoms with Gasteiger partial charge in [0.05, 0.1) is 21.7 Å². The fraction of sp³-hybridized carbons (Fsp3) is 0.600. The highest BCUT2D eigenvalue weighted by molar-refractivity contribution is 5.43. The Balaban J connectivity index is 2.58. The van der Waals surface area contributed by atoms with E-state index in [1.807, 2.05) is 34.6 Å². The van der Waals surface area contributed by atoms with E-state index < -0.39 is 21.9 Å². The SMILES string of the molecule is CCC1(c2ccccc2[N+](=O)[O-])OC(C)(C)C(C)(C)O1. The molecule has 0 radical (unpaired) electrons. The summed E-state index contributed by atoms with van der Waals surface area (Å²) in [6, 6.07) is 6.61. The van der Waals surface area contributed by atoms with Gasteiger partial charge in [-0.3, -0.25) is 10.1 Å². The van der Waals surface area contributed by atoms with Crippen molar-refractivity contribution in [1.29, 1.82) is 0 Å². The lowest BCUT2D eigenvalue weighted by Crippen LogP contribution is -2.41. The van der Waals surface area contributed by atoms with Crippen molar-refractivity contribution in [2.75, 3.05) is 0 Å². The Bertz CT molecular complexity index is 520. The van der Waals surface area contributed by atoms with E-state index in [0.29, 0.717) is 12.0 Å². The molecule has 1 saturated heterocycles. The summed E-state index contributed by atoms with van der Waals surface area (Å²) in [5.41, 5.74) is -0.562. The zero-order valence-corrected chi connectivity index (χ0v) is 12.6. The van der Waals surface area contributed by atoms with E-state index in [0.717, 1.165) is 0 Å². The lowest BCUT2D eigenvalue weighted by molar-refractivity contribution is -0.388. The van der Waals surface area contributed by atoms with Crippen molar-refractivity contribution in [2.45, 2.75) is 58.0 Å². The summed E-state index contributed by atoms with van der Waals surface area (Å²) in [6.45, 7) is 9.69. The van der Waals surface area contributed by atoms with E-state index in [4.69, 9.17) is 9.47 Å². The van der Waals surface area contributed by atoms with Crippen LogP contribution in [0.2, 0.25) is 0 Å². The largest absolute Gasteiger partial charge is 0.337 e. The summed E-state index contributed by atoms with van der Waals surface area (Å²) < 4.78 is 12.3. The van der Waals surface area contributed by atoms with Gasteiger partial charge in [0.25, 0.3) is 5.69 Å². The van der Waals surface area contributed by atoms with E-state index in [1.165, 1.54) is 6.07 Å². The first-order valence-corrected chi connectivity index (χ1v) is 6.79. The molecule has 2 rings (SSSR count). The molecule has 0 N–H and O–H groups in total. The number of para-hydroxylation sites is 1. The number of ether oxygens (including phenoxy) is 2. The third-order valence-corrected chi connectivity index (χ3v) is 4.27. The van der Waals surface area contributed by atoms with Crippen molar-refractivity contribution >= 4 is 5.69 Å². The molecule has 0 bridgehead atoms. The van der Waals surface area contributed by atoms with Crippen molar-refractivity contribution in [1.82, 2.24) is 0 Å². The van der Waals surface area contributed by atoms with Crippen LogP contribution in [0.3, 0.4) is 0 Å². The molecule has 20 heavy (non-hydrogen) atoms. The number of hydrogen-bond donors (Lipinski definition) is 0. The predicted molar refractivity (Wildman–Crippen MR) is 75.4 cm³/mol. The van der Waals surface area contributed by atoms with Crippen LogP contribution in [-0.4, -0.2) is 16.1 Å². The monoisotopic (exact) mass is 279 g/mol. The van der Waals surface area contributed by atoms with Gasteiger partial charge in [0.2, 0.25) is 5.79 Å². The molecular weight excluding hydrogens is 258 g/mol. The highest BCUT2D eigenvalue weighted by Gasteiger charge is 2.58. The normalized spacial score (nSPS) is 22.6. The first-order chi connectivity index (χ1) is 9.15. The van der Waals surface area contributed by atoms with Gasteiger partial charge in [-0.1, -0.05) is 19.1 Å². The molecule has 1 fully saturated rings. The highest BCUT2D eigenvalue weighted by atomic mass is 16.8. The molecule has 0 aliphatic carbocycles. The Hall–Kier alpha value is -1.46. The van der Waals surface area contributed by atoms with Crippen molar-refractivity contribution in [3.05, 3.63) is 39.9 Å². The van der Waals surface area contributed by atoms with Crippen LogP contribution >= 0.6 is 0 Å². The number of nitro groups is 1. The highest BCUT2D eigenvalue weighted by Crippen LogP contribution is 2.52. The second-order valence-electron chi connectivity index (χ2n) is 6.11. The van der Waals surface area contributed by atoms with Gasteiger partial charge in [-0.15, -0.1) is 0 Å². The number of benzene rings is 1. The average molecular weight is 279 g/mol. The van der Waals surface area contributed by atoms with Crippen LogP contribution < -0.4 is 0 Å². The third-order valence-electron chi connectivity index (χ3n) is 4.27. The van der Waals surface area contributed by atoms with Crippen LogP contribution in [0.5, 0.6) is 0 Å². The molecule has 5 nitrogen and oxygen atoms in total. The van der Waals surface area contributed by atoms with E-state index >= 15 is 0 Å². The Morgan fingerprint density at radius 1 is 1.10 bits per heavy atom. The summed E-state index contributed by atoms with van der Waals surface area (Å²) >= 11 is 0. The Morgan fingerprint density at radius 2 is 1.60 bits per heavy atom. The Kier molecular flexibility index (Phi) is 3.38. The smallest absolute Gasteiger partial charge is 0.278 e. The first-order valence-electron chi connectivity index (χ1n) is 6.79. The lowest BCUT2D eigenvalue weighted by Gasteiger charge is -2.30. The van der Waals surface area contributed by atoms with Gasteiger partial charge < -0.3 is 9.47 Å². The minimum Gasteiger partial charge on any atom is -0.337 e. The fourth-order valence-corrected chi connectivity index (χ4v) is 2.49. The van der Waals surface area contributed by atoms with Crippen LogP contribution in [0, 0.1) is 10.1 Å². The van der Waals surface area contributed by atoms with Crippen LogP contribution in [0.25, 0.3) is 0 Å². The molecule has 1 heterocycles. The van der Waals surface area contributed by atoms with Crippen LogP contribution in [0.15, 0.2) is 24.3 Å². The maximum Gasteiger partial charge on any atom is 0.278 e. The minimum atomic E-state index is -1.07. The number of rotatable bonds is 3. The summed E-state index contributed by atoms with van der Waals surface area (Å²) in [4.78, 5) is 10.9. The first kappa shape index (κ1) is 14.9. The molecule has 0 aromatic heterocycles. The summed E-state index contributed by atoms with van der Waals surface area (Å²) in [5.74, 6) is -1.07. The van der Waals surface area contributed by atoms with Crippen molar-refractivity contribution < 1.29 is 14.4 Å². The van der Waals surface area contributed by atoms with Gasteiger partial charge in [-0.05, 0) is 33.8 Å². The maximum absolute atomic E-state index is 11.3. The topological polar surface area (TPSA) is 61.6 Å². The van der Waals surface area contributed by atoms with Crippen LogP contribution in [-0.2, 0) is 15.3 Å². The Labute approximate surface area is 119 Å². The second-order valence-corrected chi connectivity index (χ2v) is 6.11. The molecule has 5 heteroatoms. The van der Waals surface area contributed by atoms with Crippen molar-refractivity contribution in [2.24, 2.45) is 0 Å². The van der Waals surface area contributed by atoms with Crippen molar-refractivity contribution in [3.63, 3.8) is 0 Å². The molecule has 0 unspecified atom stereocenters. The third kappa shape index (κ3) is 2.11. The van der Waals surface area contributed by atoms with E-state index in [9.17, 15) is 10.1 Å². The Morgan fingerprint density at radius 3 is 2.05 bits per heavy atom. The number of nitrogens with zero attached hydrogens (tertiary/aromatic N) is 1. The van der Waals surface area contributed by atoms with Gasteiger partial charge in [-0.25, -0.2) is 0 Å². The van der Waals surface area contributed by atoms with Gasteiger partial charge in [0.1, 0.15) is 0 Å². The predicted octanol–water partition coefficient (Wildman–Crippen LogP) is 3.76. The molecule has 1 aliphatic heterocycles. The van der Waals surface area contributed by atoms with E-state index in [-0.39, 0.29) is 5.69 Å². The van der Waals surface area contributed by atoms with E-state index in [2.05, 4.69) is 0 Å². The van der Waals surface area contributed by atoms with Gasteiger partial charge in [0.15, 0.2) is 0 Å². The standard InChI is InChI=1S/C15H21NO4/c1-6-15(19-13(2,3)14(4,5)20-15)11-9-7-8-10-12(11)16(17)18/h7-10H,6H2,1-5H3. The second kappa shape index (κ2) is 4.53. The van der Waals surface area contributed by atoms with Crippen molar-refractivity contribution in [3.8, 4) is 0 Å². The number of hydrogen-bond acceptors (Lipinski definition) is 4. The van der Waals surface area contributed by atoms with Gasteiger partial charge in [-0.2, -0.15) is 0 Å². The molecule has 0 atom stereocenters. The molecule has 1 aliphatic rings.